The number of nitrogens with one attached hydrogen (secondary N) is 2. The summed E-state index contributed by atoms with van der Waals surface area (Å²) in [5, 5.41) is 0. The van der Waals surface area contributed by atoms with Crippen molar-refractivity contribution in [3.8, 4) is 0 Å². The van der Waals surface area contributed by atoms with Gasteiger partial charge >= 0.3 is 0 Å². The third-order valence-electron chi connectivity index (χ3n) is 2.70. The number of carbonyl (C=O) groups is 2. The zero-order valence-electron chi connectivity index (χ0n) is 11.2. The first-order chi connectivity index (χ1) is 8.90. The molecular weight excluding hydrogens is 310 g/mol. The molecule has 0 radical (unpaired) electrons. The van der Waals surface area contributed by atoms with Gasteiger partial charge in [0.05, 0.1) is 6.54 Å². The fraction of sp³-hybridized carbons (Fsp3) is 0.385. The molecule has 1 aromatic rings. The molecular formula is C13H18BrN3O2. The van der Waals surface area contributed by atoms with E-state index in [0.29, 0.717) is 5.56 Å². The van der Waals surface area contributed by atoms with Gasteiger partial charge in [0.2, 0.25) is 0 Å². The van der Waals surface area contributed by atoms with Crippen LogP contribution in [0.1, 0.15) is 24.2 Å². The number of halogens is 1. The predicted molar refractivity (Wildman–Crippen MR) is 77.5 cm³/mol. The van der Waals surface area contributed by atoms with Crippen molar-refractivity contribution in [3.63, 3.8) is 0 Å². The Morgan fingerprint density at radius 1 is 1.21 bits per heavy atom. The molecule has 2 amide bonds. The summed E-state index contributed by atoms with van der Waals surface area (Å²) in [6.07, 6.45) is 0. The van der Waals surface area contributed by atoms with Crippen LogP contribution in [0.4, 0.5) is 0 Å². The Bertz CT molecular complexity index is 446. The zero-order valence-corrected chi connectivity index (χ0v) is 12.8. The first-order valence-electron chi connectivity index (χ1n) is 5.95. The largest absolute Gasteiger partial charge is 0.295 e. The first-order valence-corrected chi connectivity index (χ1v) is 6.74. The molecule has 0 heterocycles. The molecule has 19 heavy (non-hydrogen) atoms. The number of nitrogens with zero attached hydrogens (tertiary/aromatic N) is 1. The van der Waals surface area contributed by atoms with Gasteiger partial charge in [0.25, 0.3) is 11.8 Å². The van der Waals surface area contributed by atoms with E-state index in [0.717, 1.165) is 4.47 Å². The van der Waals surface area contributed by atoms with E-state index in [2.05, 4.69) is 26.8 Å². The van der Waals surface area contributed by atoms with Gasteiger partial charge in [-0.25, -0.2) is 0 Å². The number of rotatable bonds is 4. The molecule has 5 nitrogen and oxygen atoms in total. The summed E-state index contributed by atoms with van der Waals surface area (Å²) in [5.41, 5.74) is 5.26. The number of amides is 2. The van der Waals surface area contributed by atoms with Crippen LogP contribution in [0.3, 0.4) is 0 Å². The fourth-order valence-corrected chi connectivity index (χ4v) is 1.51. The highest BCUT2D eigenvalue weighted by Crippen LogP contribution is 2.09. The molecule has 0 aliphatic carbocycles. The van der Waals surface area contributed by atoms with Gasteiger partial charge in [0, 0.05) is 16.1 Å². The van der Waals surface area contributed by atoms with Crippen molar-refractivity contribution >= 4 is 27.7 Å². The Kier molecular flexibility index (Phi) is 5.98. The lowest BCUT2D eigenvalue weighted by Gasteiger charge is -2.20. The minimum atomic E-state index is -0.340. The summed E-state index contributed by atoms with van der Waals surface area (Å²) < 4.78 is 0.895. The van der Waals surface area contributed by atoms with E-state index < -0.39 is 0 Å². The number of hydrazine groups is 1. The Labute approximate surface area is 121 Å². The summed E-state index contributed by atoms with van der Waals surface area (Å²) >= 11 is 3.29. The summed E-state index contributed by atoms with van der Waals surface area (Å²) in [4.78, 5) is 25.2. The highest BCUT2D eigenvalue weighted by Gasteiger charge is 2.10. The molecule has 6 heteroatoms. The number of benzene rings is 1. The van der Waals surface area contributed by atoms with Crippen molar-refractivity contribution in [2.75, 3.05) is 13.6 Å². The first kappa shape index (κ1) is 15.7. The Morgan fingerprint density at radius 3 is 2.32 bits per heavy atom. The van der Waals surface area contributed by atoms with Crippen molar-refractivity contribution in [1.29, 1.82) is 0 Å². The van der Waals surface area contributed by atoms with Gasteiger partial charge in [-0.3, -0.25) is 25.3 Å². The van der Waals surface area contributed by atoms with Gasteiger partial charge in [0.1, 0.15) is 0 Å². The van der Waals surface area contributed by atoms with Crippen molar-refractivity contribution in [2.24, 2.45) is 0 Å². The van der Waals surface area contributed by atoms with Crippen molar-refractivity contribution in [2.45, 2.75) is 19.9 Å². The molecule has 0 bridgehead atoms. The normalized spacial score (nSPS) is 10.6. The molecule has 0 aliphatic heterocycles. The second kappa shape index (κ2) is 7.25. The SMILES string of the molecule is CC(C)N(C)CC(=O)NNC(=O)c1ccc(Br)cc1. The van der Waals surface area contributed by atoms with Crippen LogP contribution in [0.15, 0.2) is 28.7 Å². The minimum Gasteiger partial charge on any atom is -0.295 e. The molecule has 1 aromatic carbocycles. The lowest BCUT2D eigenvalue weighted by atomic mass is 10.2. The standard InChI is InChI=1S/C13H18BrN3O2/c1-9(2)17(3)8-12(18)15-16-13(19)10-4-6-11(14)7-5-10/h4-7,9H,8H2,1-3H3,(H,15,18)(H,16,19). The average Bonchev–Trinajstić information content (AvgIpc) is 2.36. The smallest absolute Gasteiger partial charge is 0.269 e. The molecule has 2 N–H and O–H groups in total. The lowest BCUT2D eigenvalue weighted by Crippen LogP contribution is -2.46. The molecule has 0 unspecified atom stereocenters. The van der Waals surface area contributed by atoms with Crippen LogP contribution in [0.2, 0.25) is 0 Å². The molecule has 1 rings (SSSR count). The summed E-state index contributed by atoms with van der Waals surface area (Å²) in [7, 11) is 1.85. The topological polar surface area (TPSA) is 61.4 Å². The molecule has 104 valence electrons. The molecule has 0 atom stereocenters. The van der Waals surface area contributed by atoms with Gasteiger partial charge < -0.3 is 0 Å². The molecule has 0 aliphatic rings. The highest BCUT2D eigenvalue weighted by atomic mass is 79.9. The Morgan fingerprint density at radius 2 is 1.79 bits per heavy atom. The van der Waals surface area contributed by atoms with Crippen LogP contribution in [-0.2, 0) is 4.79 Å². The molecule has 0 spiro atoms. The monoisotopic (exact) mass is 327 g/mol. The Hall–Kier alpha value is -1.40. The molecule has 0 aromatic heterocycles. The Balaban J connectivity index is 2.42. The second-order valence-electron chi connectivity index (χ2n) is 4.52. The van der Waals surface area contributed by atoms with E-state index in [1.54, 1.807) is 24.3 Å². The van der Waals surface area contributed by atoms with Crippen molar-refractivity contribution in [1.82, 2.24) is 15.8 Å². The molecule has 0 fully saturated rings. The van der Waals surface area contributed by atoms with Crippen LogP contribution in [0.25, 0.3) is 0 Å². The summed E-state index contributed by atoms with van der Waals surface area (Å²) in [6.45, 7) is 4.22. The quantitative estimate of drug-likeness (QED) is 0.825. The van der Waals surface area contributed by atoms with Gasteiger partial charge in [-0.05, 0) is 45.2 Å². The number of hydrogen-bond acceptors (Lipinski definition) is 3. The number of carbonyl (C=O) groups excluding carboxylic acids is 2. The summed E-state index contributed by atoms with van der Waals surface area (Å²) in [6, 6.07) is 7.15. The van der Waals surface area contributed by atoms with E-state index in [9.17, 15) is 9.59 Å². The average molecular weight is 328 g/mol. The van der Waals surface area contributed by atoms with Crippen molar-refractivity contribution < 1.29 is 9.59 Å². The molecule has 0 saturated heterocycles. The van der Waals surface area contributed by atoms with Gasteiger partial charge in [-0.15, -0.1) is 0 Å². The van der Waals surface area contributed by atoms with Crippen LogP contribution in [0, 0.1) is 0 Å². The lowest BCUT2D eigenvalue weighted by molar-refractivity contribution is -0.123. The van der Waals surface area contributed by atoms with E-state index >= 15 is 0 Å². The van der Waals surface area contributed by atoms with Gasteiger partial charge in [0.15, 0.2) is 0 Å². The van der Waals surface area contributed by atoms with Gasteiger partial charge in [-0.1, -0.05) is 15.9 Å². The third-order valence-corrected chi connectivity index (χ3v) is 3.23. The van der Waals surface area contributed by atoms with E-state index in [1.807, 2.05) is 25.8 Å². The summed E-state index contributed by atoms with van der Waals surface area (Å²) in [5.74, 6) is -0.588. The van der Waals surface area contributed by atoms with E-state index in [1.165, 1.54) is 0 Å². The zero-order chi connectivity index (χ0) is 14.4. The molecule has 0 saturated carbocycles. The number of likely N-dealkylation sites (N-methyl/N-ethyl adjacent to an activating group) is 1. The minimum absolute atomic E-state index is 0.234. The maximum Gasteiger partial charge on any atom is 0.269 e. The maximum absolute atomic E-state index is 11.7. The van der Waals surface area contributed by atoms with Crippen LogP contribution in [-0.4, -0.2) is 36.3 Å². The predicted octanol–water partition coefficient (Wildman–Crippen LogP) is 1.55. The van der Waals surface area contributed by atoms with Gasteiger partial charge in [-0.2, -0.15) is 0 Å². The van der Waals surface area contributed by atoms with Crippen molar-refractivity contribution in [3.05, 3.63) is 34.3 Å². The van der Waals surface area contributed by atoms with E-state index in [4.69, 9.17) is 0 Å². The third kappa shape index (κ3) is 5.40. The van der Waals surface area contributed by atoms with Crippen LogP contribution < -0.4 is 10.9 Å². The van der Waals surface area contributed by atoms with E-state index in [-0.39, 0.29) is 24.4 Å². The maximum atomic E-state index is 11.7. The number of hydrogen-bond donors (Lipinski definition) is 2. The van der Waals surface area contributed by atoms with Crippen LogP contribution in [0.5, 0.6) is 0 Å². The van der Waals surface area contributed by atoms with Crippen LogP contribution >= 0.6 is 15.9 Å². The fourth-order valence-electron chi connectivity index (χ4n) is 1.25. The highest BCUT2D eigenvalue weighted by molar-refractivity contribution is 9.10. The second-order valence-corrected chi connectivity index (χ2v) is 5.43.